The van der Waals surface area contributed by atoms with Gasteiger partial charge in [-0.15, -0.1) is 0 Å². The summed E-state index contributed by atoms with van der Waals surface area (Å²) in [4.78, 5) is 0. The summed E-state index contributed by atoms with van der Waals surface area (Å²) < 4.78 is 7.73. The molecule has 0 heterocycles. The van der Waals surface area contributed by atoms with Crippen LogP contribution in [0.1, 0.15) is 108 Å². The second-order valence-electron chi connectivity index (χ2n) is 13.5. The highest BCUT2D eigenvalue weighted by Gasteiger charge is 2.53. The van der Waals surface area contributed by atoms with Gasteiger partial charge in [0, 0.05) is 0 Å². The van der Waals surface area contributed by atoms with Crippen molar-refractivity contribution in [2.45, 2.75) is 143 Å². The smallest absolute Gasteiger partial charge is 0.182 e. The summed E-state index contributed by atoms with van der Waals surface area (Å²) in [5.74, 6) is 1.62. The number of allylic oxidation sites excluding steroid dienone is 4. The zero-order valence-electron chi connectivity index (χ0n) is 23.2. The lowest BCUT2D eigenvalue weighted by atomic mass is 10.1. The summed E-state index contributed by atoms with van der Waals surface area (Å²) in [5.41, 5.74) is 6.80. The number of hydrogen-bond acceptors (Lipinski definition) is 1. The average molecular weight is 463 g/mol. The molecule has 2 aliphatic rings. The third-order valence-electron chi connectivity index (χ3n) is 9.30. The van der Waals surface area contributed by atoms with Crippen LogP contribution >= 0.6 is 0 Å². The van der Waals surface area contributed by atoms with Gasteiger partial charge in [0.2, 0.25) is 0 Å². The van der Waals surface area contributed by atoms with Gasteiger partial charge in [-0.2, -0.15) is 0 Å². The largest absolute Gasteiger partial charge is 0.454 e. The van der Waals surface area contributed by atoms with Crippen LogP contribution in [0.25, 0.3) is 0 Å². The molecule has 0 radical (unpaired) electrons. The Balaban J connectivity index is 2.26. The molecule has 0 spiro atoms. The zero-order valence-corrected chi connectivity index (χ0v) is 25.2. The molecule has 0 aromatic heterocycles. The van der Waals surface area contributed by atoms with E-state index in [1.165, 1.54) is 50.6 Å². The highest BCUT2D eigenvalue weighted by molar-refractivity contribution is 6.88. The van der Waals surface area contributed by atoms with Gasteiger partial charge in [0.05, 0.1) is 0 Å². The molecule has 4 unspecified atom stereocenters. The Hall–Kier alpha value is -0.126. The molecular formula is C28H54OSi2. The van der Waals surface area contributed by atoms with E-state index in [1.807, 2.05) is 0 Å². The van der Waals surface area contributed by atoms with Gasteiger partial charge in [0.1, 0.15) is 0 Å². The van der Waals surface area contributed by atoms with Crippen molar-refractivity contribution in [3.05, 3.63) is 22.3 Å². The van der Waals surface area contributed by atoms with Crippen LogP contribution in [0.3, 0.4) is 0 Å². The maximum Gasteiger partial charge on any atom is 0.182 e. The van der Waals surface area contributed by atoms with E-state index in [-0.39, 0.29) is 10.1 Å². The van der Waals surface area contributed by atoms with Crippen LogP contribution in [0.2, 0.25) is 35.3 Å². The highest BCUT2D eigenvalue weighted by Crippen LogP contribution is 2.53. The molecule has 1 nitrogen and oxygen atoms in total. The van der Waals surface area contributed by atoms with E-state index in [4.69, 9.17) is 4.12 Å². The summed E-state index contributed by atoms with van der Waals surface area (Å²) in [6, 6.07) is 2.66. The van der Waals surface area contributed by atoms with Crippen LogP contribution in [-0.2, 0) is 4.12 Å². The lowest BCUT2D eigenvalue weighted by molar-refractivity contribution is 0.403. The molecule has 0 bridgehead atoms. The minimum Gasteiger partial charge on any atom is -0.454 e. The van der Waals surface area contributed by atoms with Crippen LogP contribution in [0.5, 0.6) is 0 Å². The van der Waals surface area contributed by atoms with E-state index in [0.717, 1.165) is 11.8 Å². The third-order valence-corrected chi connectivity index (χ3v) is 22.0. The van der Waals surface area contributed by atoms with Crippen molar-refractivity contribution in [3.63, 3.8) is 0 Å². The fraction of sp³-hybridized carbons (Fsp3) is 0.857. The SMILES string of the molecule is CCC1=C(C)CC(C[Si](C)(O[Si](C)(CC2CC(C)=C(CC)C2)C(C)(C)C)C(C)(C)C)C1. The summed E-state index contributed by atoms with van der Waals surface area (Å²) in [6.45, 7) is 29.5. The lowest BCUT2D eigenvalue weighted by Crippen LogP contribution is -2.58. The minimum atomic E-state index is -1.93. The van der Waals surface area contributed by atoms with Gasteiger partial charge in [-0.25, -0.2) is 0 Å². The molecule has 31 heavy (non-hydrogen) atoms. The van der Waals surface area contributed by atoms with Gasteiger partial charge in [-0.05, 0) is 99.5 Å². The first-order chi connectivity index (χ1) is 14.0. The molecule has 0 saturated heterocycles. The maximum absolute atomic E-state index is 7.73. The summed E-state index contributed by atoms with van der Waals surface area (Å²) in [5, 5.41) is 0.543. The first-order valence-electron chi connectivity index (χ1n) is 13.1. The standard InChI is InChI=1S/C28H54OSi2/c1-13-25-17-23(15-21(25)3)19-30(11,27(5,6)7)29-31(12,28(8,9)10)20-24-16-22(4)26(14-2)18-24/h23-24H,13-20H2,1-12H3. The molecule has 0 fully saturated rings. The van der Waals surface area contributed by atoms with Crippen LogP contribution < -0.4 is 0 Å². The van der Waals surface area contributed by atoms with Crippen molar-refractivity contribution in [1.29, 1.82) is 0 Å². The molecule has 0 saturated carbocycles. The lowest BCUT2D eigenvalue weighted by Gasteiger charge is -2.52. The maximum atomic E-state index is 7.73. The van der Waals surface area contributed by atoms with Crippen molar-refractivity contribution < 1.29 is 4.12 Å². The van der Waals surface area contributed by atoms with Gasteiger partial charge in [0.15, 0.2) is 16.6 Å². The monoisotopic (exact) mass is 462 g/mol. The van der Waals surface area contributed by atoms with Crippen LogP contribution in [0.15, 0.2) is 22.3 Å². The first kappa shape index (κ1) is 27.1. The second-order valence-corrected chi connectivity index (χ2v) is 23.1. The molecule has 3 heteroatoms. The van der Waals surface area contributed by atoms with E-state index in [1.54, 1.807) is 22.3 Å². The van der Waals surface area contributed by atoms with Crippen molar-refractivity contribution in [2.24, 2.45) is 11.8 Å². The minimum absolute atomic E-state index is 0.272. The third kappa shape index (κ3) is 6.06. The molecule has 180 valence electrons. The Morgan fingerprint density at radius 1 is 0.677 bits per heavy atom. The van der Waals surface area contributed by atoms with E-state index in [2.05, 4.69) is 82.3 Å². The van der Waals surface area contributed by atoms with E-state index < -0.39 is 16.6 Å². The fourth-order valence-electron chi connectivity index (χ4n) is 6.13. The molecule has 2 rings (SSSR count). The average Bonchev–Trinajstić information content (AvgIpc) is 3.13. The predicted molar refractivity (Wildman–Crippen MR) is 145 cm³/mol. The van der Waals surface area contributed by atoms with E-state index >= 15 is 0 Å². The summed E-state index contributed by atoms with van der Waals surface area (Å²) in [6.07, 6.45) is 7.74. The van der Waals surface area contributed by atoms with E-state index in [0.29, 0.717) is 0 Å². The van der Waals surface area contributed by atoms with Crippen molar-refractivity contribution in [2.75, 3.05) is 0 Å². The molecule has 0 aliphatic heterocycles. The van der Waals surface area contributed by atoms with Crippen LogP contribution in [0.4, 0.5) is 0 Å². The predicted octanol–water partition coefficient (Wildman–Crippen LogP) is 10.0. The first-order valence-corrected chi connectivity index (χ1v) is 18.3. The van der Waals surface area contributed by atoms with Crippen molar-refractivity contribution in [3.8, 4) is 0 Å². The Kier molecular flexibility index (Phi) is 8.42. The summed E-state index contributed by atoms with van der Waals surface area (Å²) in [7, 11) is -3.85. The highest BCUT2D eigenvalue weighted by atomic mass is 28.4. The topological polar surface area (TPSA) is 9.23 Å². The molecule has 0 N–H and O–H groups in total. The molecule has 0 aromatic rings. The Morgan fingerprint density at radius 3 is 1.23 bits per heavy atom. The van der Waals surface area contributed by atoms with Crippen LogP contribution in [-0.4, -0.2) is 16.6 Å². The molecule has 2 aliphatic carbocycles. The Labute approximate surface area is 197 Å². The van der Waals surface area contributed by atoms with Gasteiger partial charge in [0.25, 0.3) is 0 Å². The normalized spacial score (nSPS) is 27.1. The second kappa shape index (κ2) is 9.62. The molecule has 0 aromatic carbocycles. The van der Waals surface area contributed by atoms with E-state index in [9.17, 15) is 0 Å². The number of rotatable bonds is 8. The molecule has 0 amide bonds. The van der Waals surface area contributed by atoms with Gasteiger partial charge >= 0.3 is 0 Å². The zero-order chi connectivity index (χ0) is 23.8. The van der Waals surface area contributed by atoms with Gasteiger partial charge in [-0.3, -0.25) is 0 Å². The molecule has 4 atom stereocenters. The van der Waals surface area contributed by atoms with Crippen LogP contribution in [0, 0.1) is 11.8 Å². The summed E-state index contributed by atoms with van der Waals surface area (Å²) >= 11 is 0. The van der Waals surface area contributed by atoms with Crippen molar-refractivity contribution in [1.82, 2.24) is 0 Å². The Bertz CT molecular complexity index is 646. The molecular weight excluding hydrogens is 408 g/mol. The fourth-order valence-corrected chi connectivity index (χ4v) is 17.2. The number of hydrogen-bond donors (Lipinski definition) is 0. The van der Waals surface area contributed by atoms with Gasteiger partial charge in [-0.1, -0.05) is 77.7 Å². The quantitative estimate of drug-likeness (QED) is 0.257. The van der Waals surface area contributed by atoms with Gasteiger partial charge < -0.3 is 4.12 Å². The van der Waals surface area contributed by atoms with Crippen molar-refractivity contribution >= 4 is 16.6 Å². The Morgan fingerprint density at radius 2 is 1.00 bits per heavy atom.